The van der Waals surface area contributed by atoms with E-state index < -0.39 is 4.92 Å². The summed E-state index contributed by atoms with van der Waals surface area (Å²) in [6.07, 6.45) is 0. The zero-order valence-corrected chi connectivity index (χ0v) is 12.1. The molecule has 0 amide bonds. The number of pyridine rings is 1. The topological polar surface area (TPSA) is 77.3 Å². The van der Waals surface area contributed by atoms with E-state index >= 15 is 0 Å². The van der Waals surface area contributed by atoms with Crippen LogP contribution in [0.4, 0.5) is 11.5 Å². The van der Waals surface area contributed by atoms with Gasteiger partial charge in [-0.05, 0) is 24.6 Å². The molecule has 0 saturated heterocycles. The van der Waals surface area contributed by atoms with Crippen LogP contribution in [0.15, 0.2) is 36.4 Å². The van der Waals surface area contributed by atoms with Crippen molar-refractivity contribution in [1.82, 2.24) is 4.98 Å². The van der Waals surface area contributed by atoms with Crippen LogP contribution in [0, 0.1) is 10.1 Å². The zero-order valence-electron chi connectivity index (χ0n) is 11.4. The number of ether oxygens (including phenoxy) is 1. The van der Waals surface area contributed by atoms with E-state index in [1.54, 1.807) is 12.1 Å². The maximum absolute atomic E-state index is 10.9. The van der Waals surface area contributed by atoms with Crippen LogP contribution < -0.4 is 10.1 Å². The molecule has 0 saturated carbocycles. The summed E-state index contributed by atoms with van der Waals surface area (Å²) < 4.78 is 5.51. The number of hydrogen-bond donors (Lipinski definition) is 1. The third-order valence-electron chi connectivity index (χ3n) is 2.63. The predicted octanol–water partition coefficient (Wildman–Crippen LogP) is 3.65. The van der Waals surface area contributed by atoms with E-state index in [1.165, 1.54) is 12.1 Å². The normalized spacial score (nSPS) is 10.2. The smallest absolute Gasteiger partial charge is 0.278 e. The molecule has 0 fully saturated rings. The van der Waals surface area contributed by atoms with Crippen molar-refractivity contribution in [3.8, 4) is 5.88 Å². The van der Waals surface area contributed by atoms with Gasteiger partial charge >= 0.3 is 0 Å². The van der Waals surface area contributed by atoms with Gasteiger partial charge in [-0.15, -0.1) is 0 Å². The molecule has 1 aromatic heterocycles. The molecule has 0 spiro atoms. The second-order valence-electron chi connectivity index (χ2n) is 4.25. The molecule has 2 rings (SSSR count). The van der Waals surface area contributed by atoms with Crippen LogP contribution in [0.5, 0.6) is 5.88 Å². The van der Waals surface area contributed by atoms with E-state index in [2.05, 4.69) is 10.3 Å². The van der Waals surface area contributed by atoms with Crippen LogP contribution in [0.2, 0.25) is 5.02 Å². The third kappa shape index (κ3) is 4.32. The number of nitrogens with zero attached hydrogens (tertiary/aromatic N) is 2. The summed E-state index contributed by atoms with van der Waals surface area (Å²) in [6, 6.07) is 9.87. The minimum Gasteiger partial charge on any atom is -0.473 e. The molecule has 0 bridgehead atoms. The van der Waals surface area contributed by atoms with Crippen molar-refractivity contribution in [3.63, 3.8) is 0 Å². The molecule has 6 nitrogen and oxygen atoms in total. The van der Waals surface area contributed by atoms with E-state index in [4.69, 9.17) is 16.3 Å². The summed E-state index contributed by atoms with van der Waals surface area (Å²) in [4.78, 5) is 14.6. The summed E-state index contributed by atoms with van der Waals surface area (Å²) in [5, 5.41) is 14.4. The zero-order chi connectivity index (χ0) is 15.2. The van der Waals surface area contributed by atoms with Crippen molar-refractivity contribution in [3.05, 3.63) is 57.1 Å². The second-order valence-corrected chi connectivity index (χ2v) is 4.69. The fraction of sp³-hybridized carbons (Fsp3) is 0.214. The summed E-state index contributed by atoms with van der Waals surface area (Å²) in [6.45, 7) is 2.73. The van der Waals surface area contributed by atoms with Crippen molar-refractivity contribution in [2.24, 2.45) is 0 Å². The van der Waals surface area contributed by atoms with Crippen LogP contribution in [0.3, 0.4) is 0 Å². The number of nitro groups is 1. The molecule has 0 aliphatic rings. The molecule has 0 radical (unpaired) electrons. The highest BCUT2D eigenvalue weighted by molar-refractivity contribution is 6.30. The highest BCUT2D eigenvalue weighted by Gasteiger charge is 2.12. The molecule has 0 aliphatic carbocycles. The minimum absolute atomic E-state index is 0.0676. The second kappa shape index (κ2) is 6.90. The molecular weight excluding hydrogens is 294 g/mol. The van der Waals surface area contributed by atoms with Crippen molar-refractivity contribution >= 4 is 23.1 Å². The highest BCUT2D eigenvalue weighted by Crippen LogP contribution is 2.23. The van der Waals surface area contributed by atoms with Gasteiger partial charge in [-0.1, -0.05) is 23.7 Å². The minimum atomic E-state index is -0.477. The molecule has 21 heavy (non-hydrogen) atoms. The number of anilines is 1. The number of hydrogen-bond acceptors (Lipinski definition) is 5. The summed E-state index contributed by atoms with van der Waals surface area (Å²) in [7, 11) is 0. The van der Waals surface area contributed by atoms with Gasteiger partial charge in [0.1, 0.15) is 12.4 Å². The van der Waals surface area contributed by atoms with Crippen molar-refractivity contribution in [1.29, 1.82) is 0 Å². The van der Waals surface area contributed by atoms with E-state index in [9.17, 15) is 10.1 Å². The fourth-order valence-electron chi connectivity index (χ4n) is 1.73. The predicted molar refractivity (Wildman–Crippen MR) is 80.8 cm³/mol. The Labute approximate surface area is 126 Å². The number of halogens is 1. The summed E-state index contributed by atoms with van der Waals surface area (Å²) >= 11 is 5.89. The van der Waals surface area contributed by atoms with E-state index in [0.29, 0.717) is 17.4 Å². The molecule has 0 atom stereocenters. The Morgan fingerprint density at radius 2 is 2.19 bits per heavy atom. The average Bonchev–Trinajstić information content (AvgIpc) is 2.45. The van der Waals surface area contributed by atoms with Crippen LogP contribution in [0.25, 0.3) is 0 Å². The first-order chi connectivity index (χ1) is 10.1. The van der Waals surface area contributed by atoms with Gasteiger partial charge in [-0.3, -0.25) is 10.1 Å². The molecule has 1 aromatic carbocycles. The Kier molecular flexibility index (Phi) is 4.94. The highest BCUT2D eigenvalue weighted by atomic mass is 35.5. The molecule has 0 unspecified atom stereocenters. The van der Waals surface area contributed by atoms with E-state index in [0.717, 1.165) is 5.56 Å². The van der Waals surface area contributed by atoms with Crippen LogP contribution in [0.1, 0.15) is 12.5 Å². The van der Waals surface area contributed by atoms with Crippen molar-refractivity contribution < 1.29 is 9.66 Å². The number of rotatable bonds is 6. The first-order valence-electron chi connectivity index (χ1n) is 6.36. The SMILES string of the molecule is CCNc1cc([N+](=O)[O-])cc(OCc2cccc(Cl)c2)n1. The quantitative estimate of drug-likeness (QED) is 0.651. The maximum Gasteiger partial charge on any atom is 0.278 e. The average molecular weight is 308 g/mol. The molecule has 7 heteroatoms. The van der Waals surface area contributed by atoms with Crippen molar-refractivity contribution in [2.75, 3.05) is 11.9 Å². The molecule has 2 aromatic rings. The van der Waals surface area contributed by atoms with E-state index in [1.807, 2.05) is 19.1 Å². The lowest BCUT2D eigenvalue weighted by Crippen LogP contribution is -2.03. The van der Waals surface area contributed by atoms with Gasteiger partial charge in [0.15, 0.2) is 0 Å². The maximum atomic E-state index is 10.9. The van der Waals surface area contributed by atoms with Gasteiger partial charge in [-0.2, -0.15) is 4.98 Å². The Balaban J connectivity index is 2.16. The van der Waals surface area contributed by atoms with Crippen LogP contribution in [-0.2, 0) is 6.61 Å². The van der Waals surface area contributed by atoms with E-state index in [-0.39, 0.29) is 18.2 Å². The molecule has 1 N–H and O–H groups in total. The van der Waals surface area contributed by atoms with Gasteiger partial charge in [0.25, 0.3) is 5.69 Å². The molecule has 0 aliphatic heterocycles. The Hall–Kier alpha value is -2.34. The summed E-state index contributed by atoms with van der Waals surface area (Å²) in [5.74, 6) is 0.605. The number of nitrogens with one attached hydrogen (secondary N) is 1. The van der Waals surface area contributed by atoms with Gasteiger partial charge in [-0.25, -0.2) is 0 Å². The Morgan fingerprint density at radius 3 is 2.86 bits per heavy atom. The largest absolute Gasteiger partial charge is 0.473 e. The summed E-state index contributed by atoms with van der Waals surface area (Å²) in [5.41, 5.74) is 0.794. The fourth-order valence-corrected chi connectivity index (χ4v) is 1.94. The number of benzene rings is 1. The van der Waals surface area contributed by atoms with Crippen molar-refractivity contribution in [2.45, 2.75) is 13.5 Å². The van der Waals surface area contributed by atoms with Gasteiger partial charge in [0.05, 0.1) is 17.1 Å². The van der Waals surface area contributed by atoms with Gasteiger partial charge < -0.3 is 10.1 Å². The first-order valence-corrected chi connectivity index (χ1v) is 6.74. The molecular formula is C14H14ClN3O3. The lowest BCUT2D eigenvalue weighted by Gasteiger charge is -2.08. The van der Waals surface area contributed by atoms with Crippen LogP contribution >= 0.6 is 11.6 Å². The van der Waals surface area contributed by atoms with Crippen LogP contribution in [-0.4, -0.2) is 16.5 Å². The third-order valence-corrected chi connectivity index (χ3v) is 2.87. The Morgan fingerprint density at radius 1 is 1.38 bits per heavy atom. The molecule has 1 heterocycles. The standard InChI is InChI=1S/C14H14ClN3O3/c1-2-16-13-7-12(18(19)20)8-14(17-13)21-9-10-4-3-5-11(15)6-10/h3-8H,2,9H2,1H3,(H,16,17). The first kappa shape index (κ1) is 15.1. The monoisotopic (exact) mass is 307 g/mol. The van der Waals surface area contributed by atoms with Gasteiger partial charge in [0.2, 0.25) is 5.88 Å². The number of aromatic nitrogens is 1. The lowest BCUT2D eigenvalue weighted by atomic mass is 10.2. The Bertz CT molecular complexity index is 649. The molecule has 110 valence electrons. The van der Waals surface area contributed by atoms with Gasteiger partial charge in [0, 0.05) is 11.6 Å². The lowest BCUT2D eigenvalue weighted by molar-refractivity contribution is -0.384.